The van der Waals surface area contributed by atoms with Crippen LogP contribution >= 0.6 is 35.0 Å². The summed E-state index contributed by atoms with van der Waals surface area (Å²) in [5.74, 6) is 0.506. The number of nitrogens with one attached hydrogen (secondary N) is 1. The molecular weight excluding hydrogens is 563 g/mol. The van der Waals surface area contributed by atoms with Crippen LogP contribution in [0.25, 0.3) is 0 Å². The summed E-state index contributed by atoms with van der Waals surface area (Å²) in [6, 6.07) is 25.2. The lowest BCUT2D eigenvalue weighted by Gasteiger charge is -2.20. The maximum Gasteiger partial charge on any atom is 0.261 e. The SMILES string of the molecule is CSc1cccc(CN(C)C(=O)c2cc(Cl)ccc2NS(=O)(=O)c2ccc(Oc3ccccc3Cl)cc2)c1. The Labute approximate surface area is 236 Å². The monoisotopic (exact) mass is 586 g/mol. The summed E-state index contributed by atoms with van der Waals surface area (Å²) in [4.78, 5) is 15.9. The summed E-state index contributed by atoms with van der Waals surface area (Å²) in [5, 5.41) is 0.753. The lowest BCUT2D eigenvalue weighted by Crippen LogP contribution is -2.27. The number of anilines is 1. The third-order valence-corrected chi connectivity index (χ3v) is 8.21. The van der Waals surface area contributed by atoms with Gasteiger partial charge in [-0.05, 0) is 78.5 Å². The van der Waals surface area contributed by atoms with Crippen LogP contribution in [0.3, 0.4) is 0 Å². The van der Waals surface area contributed by atoms with E-state index in [1.165, 1.54) is 47.4 Å². The first-order chi connectivity index (χ1) is 18.2. The average Bonchev–Trinajstić information content (AvgIpc) is 2.91. The van der Waals surface area contributed by atoms with Crippen molar-refractivity contribution in [3.63, 3.8) is 0 Å². The van der Waals surface area contributed by atoms with Crippen molar-refractivity contribution in [2.75, 3.05) is 18.0 Å². The van der Waals surface area contributed by atoms with Gasteiger partial charge in [-0.3, -0.25) is 9.52 Å². The Morgan fingerprint density at radius 3 is 2.39 bits per heavy atom. The molecule has 0 spiro atoms. The molecule has 0 atom stereocenters. The van der Waals surface area contributed by atoms with Crippen LogP contribution in [-0.2, 0) is 16.6 Å². The van der Waals surface area contributed by atoms with Crippen molar-refractivity contribution < 1.29 is 17.9 Å². The predicted octanol–water partition coefficient (Wildman–Crippen LogP) is 7.58. The van der Waals surface area contributed by atoms with E-state index in [0.29, 0.717) is 28.1 Å². The van der Waals surface area contributed by atoms with Crippen molar-refractivity contribution in [1.29, 1.82) is 0 Å². The first-order valence-corrected chi connectivity index (χ1v) is 14.9. The van der Waals surface area contributed by atoms with E-state index < -0.39 is 10.0 Å². The molecule has 0 aliphatic carbocycles. The van der Waals surface area contributed by atoms with Gasteiger partial charge in [-0.2, -0.15) is 0 Å². The highest BCUT2D eigenvalue weighted by atomic mass is 35.5. The molecule has 1 amide bonds. The highest BCUT2D eigenvalue weighted by Crippen LogP contribution is 2.30. The molecule has 0 aromatic heterocycles. The third kappa shape index (κ3) is 6.82. The molecule has 4 aromatic rings. The van der Waals surface area contributed by atoms with Crippen LogP contribution in [0.5, 0.6) is 11.5 Å². The van der Waals surface area contributed by atoms with Crippen LogP contribution in [0.2, 0.25) is 10.0 Å². The molecule has 0 saturated heterocycles. The molecule has 0 saturated carbocycles. The van der Waals surface area contributed by atoms with Gasteiger partial charge in [0.2, 0.25) is 0 Å². The van der Waals surface area contributed by atoms with Gasteiger partial charge in [0.05, 0.1) is 21.2 Å². The zero-order chi connectivity index (χ0) is 27.3. The lowest BCUT2D eigenvalue weighted by atomic mass is 10.1. The van der Waals surface area contributed by atoms with E-state index in [9.17, 15) is 13.2 Å². The van der Waals surface area contributed by atoms with Crippen molar-refractivity contribution >= 4 is 56.6 Å². The highest BCUT2D eigenvalue weighted by Gasteiger charge is 2.22. The summed E-state index contributed by atoms with van der Waals surface area (Å²) in [7, 11) is -2.36. The Bertz CT molecular complexity index is 1560. The number of sulfonamides is 1. The first kappa shape index (κ1) is 27.9. The minimum atomic E-state index is -4.02. The third-order valence-electron chi connectivity index (χ3n) is 5.56. The number of hydrogen-bond acceptors (Lipinski definition) is 5. The molecule has 0 heterocycles. The minimum absolute atomic E-state index is 0.000377. The number of thioether (sulfide) groups is 1. The molecule has 4 rings (SSSR count). The number of amides is 1. The average molecular weight is 588 g/mol. The molecule has 4 aromatic carbocycles. The van der Waals surface area contributed by atoms with E-state index >= 15 is 0 Å². The summed E-state index contributed by atoms with van der Waals surface area (Å²) < 4.78 is 34.6. The molecule has 0 radical (unpaired) electrons. The standard InChI is InChI=1S/C28H24Cl2N2O4S2/c1-32(18-19-6-5-7-22(16-19)37-2)28(33)24-17-20(29)10-15-26(24)31-38(34,35)23-13-11-21(12-14-23)36-27-9-4-3-8-25(27)30/h3-17,31H,18H2,1-2H3. The van der Waals surface area contributed by atoms with E-state index in [1.54, 1.807) is 43.1 Å². The Morgan fingerprint density at radius 2 is 1.68 bits per heavy atom. The Morgan fingerprint density at radius 1 is 0.947 bits per heavy atom. The number of carbonyl (C=O) groups is 1. The van der Waals surface area contributed by atoms with E-state index in [-0.39, 0.29) is 22.1 Å². The maximum atomic E-state index is 13.3. The molecule has 0 aliphatic rings. The van der Waals surface area contributed by atoms with Crippen LogP contribution < -0.4 is 9.46 Å². The molecule has 0 unspecified atom stereocenters. The fourth-order valence-corrected chi connectivity index (χ4v) is 5.56. The number of para-hydroxylation sites is 1. The van der Waals surface area contributed by atoms with E-state index in [0.717, 1.165) is 10.5 Å². The molecule has 0 aliphatic heterocycles. The fraction of sp³-hybridized carbons (Fsp3) is 0.107. The van der Waals surface area contributed by atoms with Gasteiger partial charge in [0.15, 0.2) is 0 Å². The van der Waals surface area contributed by atoms with Crippen LogP contribution in [0.15, 0.2) is 101 Å². The summed E-state index contributed by atoms with van der Waals surface area (Å²) in [5.41, 5.74) is 1.22. The largest absolute Gasteiger partial charge is 0.456 e. The Balaban J connectivity index is 1.53. The van der Waals surface area contributed by atoms with Crippen molar-refractivity contribution in [2.45, 2.75) is 16.3 Å². The second kappa shape index (κ2) is 12.1. The van der Waals surface area contributed by atoms with Crippen molar-refractivity contribution in [1.82, 2.24) is 4.90 Å². The molecule has 6 nitrogen and oxygen atoms in total. The number of benzene rings is 4. The normalized spacial score (nSPS) is 11.2. The zero-order valence-electron chi connectivity index (χ0n) is 20.5. The smallest absolute Gasteiger partial charge is 0.261 e. The minimum Gasteiger partial charge on any atom is -0.456 e. The predicted molar refractivity (Wildman–Crippen MR) is 154 cm³/mol. The van der Waals surface area contributed by atoms with Gasteiger partial charge < -0.3 is 9.64 Å². The van der Waals surface area contributed by atoms with Crippen molar-refractivity contribution in [3.05, 3.63) is 112 Å². The number of ether oxygens (including phenoxy) is 1. The second-order valence-electron chi connectivity index (χ2n) is 8.31. The molecule has 196 valence electrons. The number of carbonyl (C=O) groups excluding carboxylic acids is 1. The van der Waals surface area contributed by atoms with Crippen LogP contribution in [0.1, 0.15) is 15.9 Å². The van der Waals surface area contributed by atoms with Crippen LogP contribution in [0.4, 0.5) is 5.69 Å². The van der Waals surface area contributed by atoms with Gasteiger partial charge in [0.25, 0.3) is 15.9 Å². The quantitative estimate of drug-likeness (QED) is 0.204. The summed E-state index contributed by atoms with van der Waals surface area (Å²) in [6.45, 7) is 0.346. The number of halogens is 2. The summed E-state index contributed by atoms with van der Waals surface area (Å²) in [6.07, 6.45) is 1.98. The first-order valence-electron chi connectivity index (χ1n) is 11.4. The topological polar surface area (TPSA) is 75.7 Å². The van der Waals surface area contributed by atoms with E-state index in [4.69, 9.17) is 27.9 Å². The highest BCUT2D eigenvalue weighted by molar-refractivity contribution is 7.98. The van der Waals surface area contributed by atoms with Crippen LogP contribution in [0, 0.1) is 0 Å². The second-order valence-corrected chi connectivity index (χ2v) is 11.7. The van der Waals surface area contributed by atoms with Crippen molar-refractivity contribution in [3.8, 4) is 11.5 Å². The van der Waals surface area contributed by atoms with E-state index in [2.05, 4.69) is 4.72 Å². The fourth-order valence-electron chi connectivity index (χ4n) is 3.65. The maximum absolute atomic E-state index is 13.3. The van der Waals surface area contributed by atoms with Gasteiger partial charge in [0, 0.05) is 23.5 Å². The van der Waals surface area contributed by atoms with Gasteiger partial charge in [-0.1, -0.05) is 47.5 Å². The van der Waals surface area contributed by atoms with Crippen molar-refractivity contribution in [2.24, 2.45) is 0 Å². The zero-order valence-corrected chi connectivity index (χ0v) is 23.7. The van der Waals surface area contributed by atoms with Crippen LogP contribution in [-0.4, -0.2) is 32.5 Å². The van der Waals surface area contributed by atoms with Gasteiger partial charge in [-0.25, -0.2) is 8.42 Å². The Kier molecular flexibility index (Phi) is 8.89. The molecular formula is C28H24Cl2N2O4S2. The molecule has 10 heteroatoms. The number of hydrogen-bond donors (Lipinski definition) is 1. The molecule has 38 heavy (non-hydrogen) atoms. The van der Waals surface area contributed by atoms with Gasteiger partial charge >= 0.3 is 0 Å². The molecule has 0 fully saturated rings. The number of rotatable bonds is 9. The Hall–Kier alpha value is -3.17. The summed E-state index contributed by atoms with van der Waals surface area (Å²) >= 11 is 13.9. The molecule has 1 N–H and O–H groups in total. The molecule has 0 bridgehead atoms. The van der Waals surface area contributed by atoms with Gasteiger partial charge in [-0.15, -0.1) is 11.8 Å². The number of nitrogens with zero attached hydrogens (tertiary/aromatic N) is 1. The van der Waals surface area contributed by atoms with E-state index in [1.807, 2.05) is 30.5 Å². The lowest BCUT2D eigenvalue weighted by molar-refractivity contribution is 0.0786. The van der Waals surface area contributed by atoms with Gasteiger partial charge in [0.1, 0.15) is 11.5 Å².